The van der Waals surface area contributed by atoms with Crippen LogP contribution in [0.3, 0.4) is 0 Å². The Balaban J connectivity index is 2.06. The summed E-state index contributed by atoms with van der Waals surface area (Å²) < 4.78 is 17.7. The number of allylic oxidation sites excluding steroid dienone is 1. The molecule has 8 nitrogen and oxygen atoms in total. The van der Waals surface area contributed by atoms with Gasteiger partial charge in [0, 0.05) is 24.1 Å². The lowest BCUT2D eigenvalue weighted by Gasteiger charge is -2.30. The van der Waals surface area contributed by atoms with Crippen molar-refractivity contribution in [3.8, 4) is 34.3 Å². The van der Waals surface area contributed by atoms with Crippen LogP contribution in [0.5, 0.6) is 23.0 Å². The number of fused-ring (bicyclic) bond motifs is 4. The van der Waals surface area contributed by atoms with Crippen LogP contribution < -0.4 is 14.9 Å². The third-order valence-corrected chi connectivity index (χ3v) is 6.00. The molecule has 0 spiro atoms. The van der Waals surface area contributed by atoms with Crippen LogP contribution in [0.4, 0.5) is 0 Å². The largest absolute Gasteiger partial charge is 0.508 e. The van der Waals surface area contributed by atoms with Crippen LogP contribution in [0.2, 0.25) is 0 Å². The van der Waals surface area contributed by atoms with E-state index in [9.17, 15) is 20.3 Å². The van der Waals surface area contributed by atoms with Crippen molar-refractivity contribution in [3.63, 3.8) is 0 Å². The van der Waals surface area contributed by atoms with Gasteiger partial charge in [0.1, 0.15) is 51.4 Å². The van der Waals surface area contributed by atoms with Gasteiger partial charge in [0.2, 0.25) is 0 Å². The summed E-state index contributed by atoms with van der Waals surface area (Å²) in [6, 6.07) is 6.03. The van der Waals surface area contributed by atoms with Crippen LogP contribution in [-0.4, -0.2) is 34.3 Å². The molecule has 1 aromatic heterocycles. The second kappa shape index (κ2) is 8.70. The Hall–Kier alpha value is -3.49. The highest BCUT2D eigenvalue weighted by Crippen LogP contribution is 2.43. The normalized spacial score (nSPS) is 15.8. The Kier molecular flexibility index (Phi) is 6.05. The highest BCUT2D eigenvalue weighted by molar-refractivity contribution is 5.92. The first kappa shape index (κ1) is 23.7. The SMILES string of the molecule is COc1cc2oc3c(c(=O)c2c(O)c1/C=C/C(C)C)C[C@H](C(C)(C)OO)Oc1cc(O)ccc1-3. The smallest absolute Gasteiger partial charge is 0.200 e. The van der Waals surface area contributed by atoms with Crippen molar-refractivity contribution in [2.75, 3.05) is 7.11 Å². The lowest BCUT2D eigenvalue weighted by molar-refractivity contribution is -0.330. The van der Waals surface area contributed by atoms with Gasteiger partial charge in [0.25, 0.3) is 0 Å². The minimum absolute atomic E-state index is 0.0201. The third-order valence-electron chi connectivity index (χ3n) is 6.00. The zero-order chi connectivity index (χ0) is 24.8. The number of hydrogen-bond donors (Lipinski definition) is 3. The van der Waals surface area contributed by atoms with Gasteiger partial charge in [-0.15, -0.1) is 0 Å². The van der Waals surface area contributed by atoms with E-state index >= 15 is 0 Å². The standard InChI is InChI=1S/C26H28O8/c1-13(2)6-8-15-18(31-5)12-20-22(23(15)28)24(29)17-11-21(26(3,4)34-30)32-19-10-14(27)7-9-16(19)25(17)33-20/h6-10,12-13,21,27-28,30H,11H2,1-5H3/b8-6+/t21-/m1/s1. The summed E-state index contributed by atoms with van der Waals surface area (Å²) in [5, 5.41) is 30.6. The first-order chi connectivity index (χ1) is 16.1. The fourth-order valence-corrected chi connectivity index (χ4v) is 4.01. The summed E-state index contributed by atoms with van der Waals surface area (Å²) in [5.74, 6) is 0.809. The van der Waals surface area contributed by atoms with Gasteiger partial charge in [0.05, 0.1) is 18.2 Å². The molecule has 0 bridgehead atoms. The van der Waals surface area contributed by atoms with Crippen molar-refractivity contribution in [2.24, 2.45) is 5.92 Å². The maximum atomic E-state index is 13.8. The number of benzene rings is 2. The van der Waals surface area contributed by atoms with E-state index in [1.54, 1.807) is 32.1 Å². The molecule has 34 heavy (non-hydrogen) atoms. The van der Waals surface area contributed by atoms with Gasteiger partial charge in [-0.2, -0.15) is 0 Å². The molecule has 0 saturated carbocycles. The Morgan fingerprint density at radius 3 is 2.59 bits per heavy atom. The van der Waals surface area contributed by atoms with E-state index in [4.69, 9.17) is 13.9 Å². The number of phenolic OH excluding ortho intramolecular Hbond substituents is 2. The average Bonchev–Trinajstić information content (AvgIpc) is 2.95. The molecule has 4 rings (SSSR count). The van der Waals surface area contributed by atoms with Crippen LogP contribution >= 0.6 is 0 Å². The Bertz CT molecular complexity index is 1330. The van der Waals surface area contributed by atoms with E-state index in [-0.39, 0.29) is 51.9 Å². The fraction of sp³-hybridized carbons (Fsp3) is 0.346. The molecule has 2 aromatic carbocycles. The molecule has 1 aliphatic rings. The summed E-state index contributed by atoms with van der Waals surface area (Å²) in [4.78, 5) is 18.4. The molecule has 3 aromatic rings. The number of aromatic hydroxyl groups is 2. The molecule has 0 amide bonds. The number of rotatable bonds is 5. The van der Waals surface area contributed by atoms with Crippen LogP contribution in [0.25, 0.3) is 28.4 Å². The van der Waals surface area contributed by atoms with Crippen molar-refractivity contribution in [1.29, 1.82) is 0 Å². The quantitative estimate of drug-likeness (QED) is 0.349. The van der Waals surface area contributed by atoms with Crippen molar-refractivity contribution < 1.29 is 34.2 Å². The van der Waals surface area contributed by atoms with Crippen LogP contribution in [0.1, 0.15) is 38.8 Å². The third kappa shape index (κ3) is 3.99. The summed E-state index contributed by atoms with van der Waals surface area (Å²) in [7, 11) is 1.47. The molecule has 8 heteroatoms. The van der Waals surface area contributed by atoms with Gasteiger partial charge < -0.3 is 24.1 Å². The van der Waals surface area contributed by atoms with E-state index in [2.05, 4.69) is 4.89 Å². The van der Waals surface area contributed by atoms with Gasteiger partial charge >= 0.3 is 0 Å². The van der Waals surface area contributed by atoms with Crippen LogP contribution in [-0.2, 0) is 11.3 Å². The summed E-state index contributed by atoms with van der Waals surface area (Å²) >= 11 is 0. The number of hydrogen-bond acceptors (Lipinski definition) is 8. The second-order valence-corrected chi connectivity index (χ2v) is 9.24. The Morgan fingerprint density at radius 1 is 1.21 bits per heavy atom. The minimum atomic E-state index is -1.20. The van der Waals surface area contributed by atoms with Crippen LogP contribution in [0, 0.1) is 5.92 Å². The Labute approximate surface area is 196 Å². The van der Waals surface area contributed by atoms with Gasteiger partial charge in [-0.25, -0.2) is 4.89 Å². The minimum Gasteiger partial charge on any atom is -0.508 e. The lowest BCUT2D eigenvalue weighted by Crippen LogP contribution is -2.44. The maximum absolute atomic E-state index is 13.8. The summed E-state index contributed by atoms with van der Waals surface area (Å²) in [5.41, 5.74) is -0.397. The lowest BCUT2D eigenvalue weighted by atomic mass is 9.93. The number of methoxy groups -OCH3 is 1. The van der Waals surface area contributed by atoms with Crippen LogP contribution in [0.15, 0.2) is 39.6 Å². The number of ether oxygens (including phenoxy) is 2. The molecule has 0 radical (unpaired) electrons. The molecular formula is C26H28O8. The van der Waals surface area contributed by atoms with E-state index in [1.807, 2.05) is 19.9 Å². The van der Waals surface area contributed by atoms with E-state index < -0.39 is 17.1 Å². The van der Waals surface area contributed by atoms with Gasteiger partial charge in [-0.1, -0.05) is 26.0 Å². The average molecular weight is 469 g/mol. The molecule has 3 N–H and O–H groups in total. The molecule has 0 unspecified atom stereocenters. The summed E-state index contributed by atoms with van der Waals surface area (Å²) in [6.45, 7) is 7.22. The molecule has 1 aliphatic heterocycles. The molecule has 0 saturated heterocycles. The monoisotopic (exact) mass is 468 g/mol. The molecule has 1 atom stereocenters. The van der Waals surface area contributed by atoms with E-state index in [1.165, 1.54) is 19.2 Å². The van der Waals surface area contributed by atoms with Crippen molar-refractivity contribution in [2.45, 2.75) is 45.8 Å². The topological polar surface area (TPSA) is 119 Å². The van der Waals surface area contributed by atoms with E-state index in [0.29, 0.717) is 16.9 Å². The van der Waals surface area contributed by atoms with Gasteiger partial charge in [0.15, 0.2) is 5.43 Å². The first-order valence-electron chi connectivity index (χ1n) is 11.0. The van der Waals surface area contributed by atoms with Crippen molar-refractivity contribution in [1.82, 2.24) is 0 Å². The predicted molar refractivity (Wildman–Crippen MR) is 128 cm³/mol. The first-order valence-corrected chi connectivity index (χ1v) is 11.0. The molecule has 180 valence electrons. The molecule has 2 heterocycles. The van der Waals surface area contributed by atoms with Gasteiger partial charge in [-0.3, -0.25) is 10.1 Å². The van der Waals surface area contributed by atoms with Gasteiger partial charge in [-0.05, 0) is 31.9 Å². The van der Waals surface area contributed by atoms with E-state index in [0.717, 1.165) is 0 Å². The van der Waals surface area contributed by atoms with Crippen molar-refractivity contribution >= 4 is 17.0 Å². The highest BCUT2D eigenvalue weighted by Gasteiger charge is 2.39. The van der Waals surface area contributed by atoms with Crippen molar-refractivity contribution in [3.05, 3.63) is 51.7 Å². The molecule has 0 fully saturated rings. The molecular weight excluding hydrogens is 440 g/mol. The predicted octanol–water partition coefficient (Wildman–Crippen LogP) is 5.12. The summed E-state index contributed by atoms with van der Waals surface area (Å²) in [6.07, 6.45) is 2.83. The second-order valence-electron chi connectivity index (χ2n) is 9.24. The zero-order valence-electron chi connectivity index (χ0n) is 19.7. The number of phenols is 2. The molecule has 0 aliphatic carbocycles. The maximum Gasteiger partial charge on any atom is 0.200 e. The Morgan fingerprint density at radius 2 is 1.94 bits per heavy atom. The highest BCUT2D eigenvalue weighted by atomic mass is 17.1. The zero-order valence-corrected chi connectivity index (χ0v) is 19.7. The fourth-order valence-electron chi connectivity index (χ4n) is 4.01.